The number of rotatable bonds is 3. The van der Waals surface area contributed by atoms with Crippen LogP contribution < -0.4 is 5.32 Å². The molecule has 0 radical (unpaired) electrons. The van der Waals surface area contributed by atoms with E-state index in [0.717, 1.165) is 16.8 Å². The summed E-state index contributed by atoms with van der Waals surface area (Å²) in [5, 5.41) is 3.32. The second-order valence-electron chi connectivity index (χ2n) is 5.17. The van der Waals surface area contributed by atoms with Crippen molar-refractivity contribution >= 4 is 11.9 Å². The third kappa shape index (κ3) is 3.41. The molecule has 3 rings (SSSR count). The zero-order chi connectivity index (χ0) is 14.5. The van der Waals surface area contributed by atoms with Crippen molar-refractivity contribution in [2.24, 2.45) is 5.92 Å². The van der Waals surface area contributed by atoms with Crippen molar-refractivity contribution in [1.29, 1.82) is 0 Å². The molecule has 4 nitrogen and oxygen atoms in total. The van der Waals surface area contributed by atoms with Gasteiger partial charge in [-0.1, -0.05) is 12.1 Å². The zero-order valence-electron chi connectivity index (χ0n) is 11.7. The minimum absolute atomic E-state index is 0.0448. The zero-order valence-corrected chi connectivity index (χ0v) is 11.7. The molecular weight excluding hydrogens is 262 g/mol. The molecule has 0 unspecified atom stereocenters. The van der Waals surface area contributed by atoms with Crippen LogP contribution in [0.2, 0.25) is 0 Å². The van der Waals surface area contributed by atoms with Crippen molar-refractivity contribution in [3.63, 3.8) is 0 Å². The van der Waals surface area contributed by atoms with Crippen molar-refractivity contribution in [1.82, 2.24) is 15.3 Å². The minimum atomic E-state index is -0.0448. The first-order valence-corrected chi connectivity index (χ1v) is 7.08. The van der Waals surface area contributed by atoms with Crippen molar-refractivity contribution < 1.29 is 4.79 Å². The van der Waals surface area contributed by atoms with Crippen molar-refractivity contribution in [3.8, 4) is 0 Å². The van der Waals surface area contributed by atoms with Gasteiger partial charge in [0.25, 0.3) is 0 Å². The molecule has 0 spiro atoms. The summed E-state index contributed by atoms with van der Waals surface area (Å²) in [6.07, 6.45) is 7.86. The van der Waals surface area contributed by atoms with E-state index in [9.17, 15) is 4.79 Å². The van der Waals surface area contributed by atoms with Crippen molar-refractivity contribution in [2.45, 2.75) is 6.42 Å². The van der Waals surface area contributed by atoms with E-state index in [1.807, 2.05) is 36.4 Å². The van der Waals surface area contributed by atoms with Gasteiger partial charge in [0.1, 0.15) is 0 Å². The first-order valence-electron chi connectivity index (χ1n) is 7.08. The van der Waals surface area contributed by atoms with Crippen LogP contribution in [0.1, 0.15) is 11.3 Å². The summed E-state index contributed by atoms with van der Waals surface area (Å²) in [4.78, 5) is 21.0. The van der Waals surface area contributed by atoms with Crippen LogP contribution >= 0.6 is 0 Å². The maximum Gasteiger partial charge on any atom is 0.164 e. The first-order chi connectivity index (χ1) is 10.3. The number of aromatic nitrogens is 2. The molecule has 0 aliphatic carbocycles. The molecular formula is C17H17N3O. The minimum Gasteiger partial charge on any atom is -0.312 e. The standard InChI is InChI=1S/C17H17N3O/c21-17-14(8-13-4-3-6-18-10-13)11-19-12-15(17)9-16-5-1-2-7-20-16/h1-8,10,15,19H,9,11-12H2/t15-/m1/s1. The smallest absolute Gasteiger partial charge is 0.164 e. The summed E-state index contributed by atoms with van der Waals surface area (Å²) < 4.78 is 0. The van der Waals surface area contributed by atoms with Crippen LogP contribution in [0.15, 0.2) is 54.5 Å². The lowest BCUT2D eigenvalue weighted by Crippen LogP contribution is -2.40. The molecule has 3 heterocycles. The van der Waals surface area contributed by atoms with Crippen LogP contribution in [0.5, 0.6) is 0 Å². The Hall–Kier alpha value is -2.33. The highest BCUT2D eigenvalue weighted by Crippen LogP contribution is 2.18. The lowest BCUT2D eigenvalue weighted by atomic mass is 9.89. The summed E-state index contributed by atoms with van der Waals surface area (Å²) in [6.45, 7) is 1.33. The third-order valence-electron chi connectivity index (χ3n) is 3.60. The number of Topliss-reactive ketones (excluding diaryl/α,β-unsaturated/α-hetero) is 1. The van der Waals surface area contributed by atoms with E-state index in [4.69, 9.17) is 0 Å². The molecule has 1 aliphatic heterocycles. The van der Waals surface area contributed by atoms with Gasteiger partial charge in [0.2, 0.25) is 0 Å². The highest BCUT2D eigenvalue weighted by Gasteiger charge is 2.26. The maximum atomic E-state index is 12.6. The molecule has 1 aliphatic rings. The predicted molar refractivity (Wildman–Crippen MR) is 81.5 cm³/mol. The molecule has 2 aromatic heterocycles. The quantitative estimate of drug-likeness (QED) is 0.872. The van der Waals surface area contributed by atoms with Crippen LogP contribution in [0.25, 0.3) is 6.08 Å². The lowest BCUT2D eigenvalue weighted by molar-refractivity contribution is -0.119. The van der Waals surface area contributed by atoms with Crippen LogP contribution in [0, 0.1) is 5.92 Å². The fourth-order valence-corrected chi connectivity index (χ4v) is 2.54. The molecule has 1 saturated heterocycles. The molecule has 0 amide bonds. The Balaban J connectivity index is 1.76. The number of carbonyl (C=O) groups excluding carboxylic acids is 1. The number of nitrogens with zero attached hydrogens (tertiary/aromatic N) is 2. The number of nitrogens with one attached hydrogen (secondary N) is 1. The third-order valence-corrected chi connectivity index (χ3v) is 3.60. The fourth-order valence-electron chi connectivity index (χ4n) is 2.54. The average molecular weight is 279 g/mol. The van der Waals surface area contributed by atoms with Crippen molar-refractivity contribution in [3.05, 3.63) is 65.8 Å². The number of carbonyl (C=O) groups is 1. The number of piperidine rings is 1. The Kier molecular flexibility index (Phi) is 4.17. The number of pyridine rings is 2. The first kappa shape index (κ1) is 13.6. The van der Waals surface area contributed by atoms with Gasteiger partial charge in [0, 0.05) is 55.3 Å². The SMILES string of the molecule is O=C1C(=Cc2cccnc2)CNC[C@H]1Cc1ccccn1. The highest BCUT2D eigenvalue weighted by atomic mass is 16.1. The van der Waals surface area contributed by atoms with E-state index in [1.165, 1.54) is 0 Å². The van der Waals surface area contributed by atoms with Gasteiger partial charge >= 0.3 is 0 Å². The van der Waals surface area contributed by atoms with Crippen LogP contribution in [0.4, 0.5) is 0 Å². The van der Waals surface area contributed by atoms with Crippen LogP contribution in [0.3, 0.4) is 0 Å². The molecule has 0 bridgehead atoms. The van der Waals surface area contributed by atoms with E-state index in [-0.39, 0.29) is 11.7 Å². The van der Waals surface area contributed by atoms with E-state index in [0.29, 0.717) is 19.5 Å². The predicted octanol–water partition coefficient (Wildman–Crippen LogP) is 1.89. The largest absolute Gasteiger partial charge is 0.312 e. The van der Waals surface area contributed by atoms with Gasteiger partial charge in [-0.05, 0) is 29.8 Å². The maximum absolute atomic E-state index is 12.6. The van der Waals surface area contributed by atoms with Crippen molar-refractivity contribution in [2.75, 3.05) is 13.1 Å². The molecule has 106 valence electrons. The lowest BCUT2D eigenvalue weighted by Gasteiger charge is -2.23. The van der Waals surface area contributed by atoms with Gasteiger partial charge in [-0.3, -0.25) is 14.8 Å². The van der Waals surface area contributed by atoms with E-state index in [1.54, 1.807) is 18.6 Å². The normalized spacial score (nSPS) is 20.7. The molecule has 4 heteroatoms. The highest BCUT2D eigenvalue weighted by molar-refractivity contribution is 6.02. The molecule has 2 aromatic rings. The van der Waals surface area contributed by atoms with E-state index in [2.05, 4.69) is 15.3 Å². The Morgan fingerprint density at radius 2 is 2.19 bits per heavy atom. The monoisotopic (exact) mass is 279 g/mol. The summed E-state index contributed by atoms with van der Waals surface area (Å²) in [5.74, 6) is 0.167. The molecule has 1 atom stereocenters. The van der Waals surface area contributed by atoms with Gasteiger partial charge in [-0.15, -0.1) is 0 Å². The fraction of sp³-hybridized carbons (Fsp3) is 0.235. The van der Waals surface area contributed by atoms with Gasteiger partial charge in [0.05, 0.1) is 0 Å². The number of hydrogen-bond donors (Lipinski definition) is 1. The van der Waals surface area contributed by atoms with Gasteiger partial charge in [0.15, 0.2) is 5.78 Å². The average Bonchev–Trinajstić information content (AvgIpc) is 2.53. The molecule has 0 saturated carbocycles. The Bertz CT molecular complexity index is 638. The summed E-state index contributed by atoms with van der Waals surface area (Å²) in [5.41, 5.74) is 2.73. The topological polar surface area (TPSA) is 54.9 Å². The van der Waals surface area contributed by atoms with Gasteiger partial charge < -0.3 is 5.32 Å². The Labute approximate surface area is 123 Å². The molecule has 0 aromatic carbocycles. The second-order valence-corrected chi connectivity index (χ2v) is 5.17. The molecule has 1 fully saturated rings. The van der Waals surface area contributed by atoms with E-state index < -0.39 is 0 Å². The summed E-state index contributed by atoms with van der Waals surface area (Å²) >= 11 is 0. The van der Waals surface area contributed by atoms with Gasteiger partial charge in [-0.2, -0.15) is 0 Å². The molecule has 21 heavy (non-hydrogen) atoms. The van der Waals surface area contributed by atoms with Crippen LogP contribution in [-0.4, -0.2) is 28.8 Å². The Morgan fingerprint density at radius 3 is 2.95 bits per heavy atom. The Morgan fingerprint density at radius 1 is 1.24 bits per heavy atom. The number of hydrogen-bond acceptors (Lipinski definition) is 4. The van der Waals surface area contributed by atoms with Gasteiger partial charge in [-0.25, -0.2) is 0 Å². The van der Waals surface area contributed by atoms with E-state index >= 15 is 0 Å². The summed E-state index contributed by atoms with van der Waals surface area (Å²) in [6, 6.07) is 9.63. The second kappa shape index (κ2) is 6.41. The van der Waals surface area contributed by atoms with Crippen LogP contribution in [-0.2, 0) is 11.2 Å². The summed E-state index contributed by atoms with van der Waals surface area (Å²) in [7, 11) is 0. The molecule has 1 N–H and O–H groups in total. The number of ketones is 1.